The van der Waals surface area contributed by atoms with Gasteiger partial charge in [-0.05, 0) is 17.7 Å². The largest absolute Gasteiger partial charge is 0.273 e. The Morgan fingerprint density at radius 1 is 1.18 bits per heavy atom. The molecule has 1 heterocycles. The standard InChI is InChI=1S/C11H12N2O3S/c1-17(15,16)9-4-2-8(3-5-9)10-6-7-11(14)13-12-10/h2-5H,6-7H2,1H3,(H,13,14). The lowest BCUT2D eigenvalue weighted by molar-refractivity contribution is -0.121. The van der Waals surface area contributed by atoms with Gasteiger partial charge in [0.1, 0.15) is 0 Å². The summed E-state index contributed by atoms with van der Waals surface area (Å²) in [6.45, 7) is 0. The fraction of sp³-hybridized carbons (Fsp3) is 0.273. The minimum Gasteiger partial charge on any atom is -0.273 e. The highest BCUT2D eigenvalue weighted by atomic mass is 32.2. The Balaban J connectivity index is 2.28. The first-order chi connectivity index (χ1) is 7.97. The van der Waals surface area contributed by atoms with Crippen LogP contribution in [0.4, 0.5) is 0 Å². The molecule has 1 aliphatic rings. The Kier molecular flexibility index (Phi) is 2.97. The van der Waals surface area contributed by atoms with Crippen LogP contribution in [0.25, 0.3) is 0 Å². The zero-order valence-corrected chi connectivity index (χ0v) is 10.1. The van der Waals surface area contributed by atoms with Crippen LogP contribution in [0.15, 0.2) is 34.3 Å². The second-order valence-corrected chi connectivity index (χ2v) is 5.91. The molecule has 0 saturated heterocycles. The van der Waals surface area contributed by atoms with Crippen molar-refractivity contribution >= 4 is 21.5 Å². The third kappa shape index (κ3) is 2.71. The lowest BCUT2D eigenvalue weighted by Gasteiger charge is -2.12. The van der Waals surface area contributed by atoms with Gasteiger partial charge in [0, 0.05) is 19.1 Å². The number of hydrogen-bond acceptors (Lipinski definition) is 4. The topological polar surface area (TPSA) is 75.6 Å². The molecule has 90 valence electrons. The molecule has 0 saturated carbocycles. The third-order valence-corrected chi connectivity index (χ3v) is 3.65. The van der Waals surface area contributed by atoms with Crippen LogP contribution in [-0.4, -0.2) is 26.3 Å². The van der Waals surface area contributed by atoms with Crippen LogP contribution in [0.1, 0.15) is 18.4 Å². The van der Waals surface area contributed by atoms with Crippen LogP contribution in [-0.2, 0) is 14.6 Å². The highest BCUT2D eigenvalue weighted by Gasteiger charge is 2.14. The van der Waals surface area contributed by atoms with Crippen molar-refractivity contribution in [1.82, 2.24) is 5.43 Å². The maximum atomic E-state index is 11.3. The van der Waals surface area contributed by atoms with Crippen molar-refractivity contribution in [3.05, 3.63) is 29.8 Å². The number of hydrazone groups is 1. The lowest BCUT2D eigenvalue weighted by Crippen LogP contribution is -2.25. The summed E-state index contributed by atoms with van der Waals surface area (Å²) in [6, 6.07) is 6.49. The van der Waals surface area contributed by atoms with Gasteiger partial charge in [-0.1, -0.05) is 12.1 Å². The normalized spacial score (nSPS) is 16.3. The number of amides is 1. The van der Waals surface area contributed by atoms with Gasteiger partial charge in [-0.15, -0.1) is 0 Å². The summed E-state index contributed by atoms with van der Waals surface area (Å²) in [5, 5.41) is 3.94. The molecule has 0 spiro atoms. The molecule has 1 N–H and O–H groups in total. The molecule has 17 heavy (non-hydrogen) atoms. The molecule has 1 aromatic carbocycles. The van der Waals surface area contributed by atoms with Crippen LogP contribution in [0.3, 0.4) is 0 Å². The zero-order valence-electron chi connectivity index (χ0n) is 9.30. The van der Waals surface area contributed by atoms with Gasteiger partial charge in [-0.2, -0.15) is 5.10 Å². The lowest BCUT2D eigenvalue weighted by atomic mass is 10.0. The molecule has 0 radical (unpaired) electrons. The van der Waals surface area contributed by atoms with Crippen molar-refractivity contribution in [2.45, 2.75) is 17.7 Å². The first-order valence-electron chi connectivity index (χ1n) is 5.13. The van der Waals surface area contributed by atoms with E-state index < -0.39 is 9.84 Å². The minimum absolute atomic E-state index is 0.0958. The van der Waals surface area contributed by atoms with Crippen molar-refractivity contribution in [1.29, 1.82) is 0 Å². The molecule has 1 aromatic rings. The van der Waals surface area contributed by atoms with E-state index in [-0.39, 0.29) is 10.8 Å². The van der Waals surface area contributed by atoms with Crippen molar-refractivity contribution in [3.63, 3.8) is 0 Å². The Bertz CT molecular complexity index is 573. The highest BCUT2D eigenvalue weighted by Crippen LogP contribution is 2.14. The number of benzene rings is 1. The van der Waals surface area contributed by atoms with Crippen LogP contribution >= 0.6 is 0 Å². The van der Waals surface area contributed by atoms with Crippen LogP contribution in [0.5, 0.6) is 0 Å². The third-order valence-electron chi connectivity index (χ3n) is 2.52. The van der Waals surface area contributed by atoms with Crippen molar-refractivity contribution in [3.8, 4) is 0 Å². The van der Waals surface area contributed by atoms with Crippen molar-refractivity contribution in [2.75, 3.05) is 6.26 Å². The zero-order chi connectivity index (χ0) is 12.5. The Hall–Kier alpha value is -1.69. The van der Waals surface area contributed by atoms with Crippen LogP contribution in [0, 0.1) is 0 Å². The fourth-order valence-corrected chi connectivity index (χ4v) is 2.21. The summed E-state index contributed by atoms with van der Waals surface area (Å²) in [5.74, 6) is -0.0958. The van der Waals surface area contributed by atoms with E-state index in [2.05, 4.69) is 10.5 Å². The molecule has 0 aliphatic carbocycles. The Labute approximate surface area is 99.5 Å². The van der Waals surface area contributed by atoms with Gasteiger partial charge in [0.2, 0.25) is 5.91 Å². The van der Waals surface area contributed by atoms with E-state index in [9.17, 15) is 13.2 Å². The predicted molar refractivity (Wildman–Crippen MR) is 63.5 cm³/mol. The molecule has 0 aromatic heterocycles. The number of nitrogens with zero attached hydrogens (tertiary/aromatic N) is 1. The van der Waals surface area contributed by atoms with E-state index >= 15 is 0 Å². The van der Waals surface area contributed by atoms with Gasteiger partial charge in [0.15, 0.2) is 9.84 Å². The maximum Gasteiger partial charge on any atom is 0.240 e. The maximum absolute atomic E-state index is 11.3. The summed E-state index contributed by atoms with van der Waals surface area (Å²) in [6.07, 6.45) is 2.15. The highest BCUT2D eigenvalue weighted by molar-refractivity contribution is 7.90. The van der Waals surface area contributed by atoms with Crippen LogP contribution < -0.4 is 5.43 Å². The van der Waals surface area contributed by atoms with Crippen molar-refractivity contribution < 1.29 is 13.2 Å². The van der Waals surface area contributed by atoms with E-state index in [1.54, 1.807) is 24.3 Å². The van der Waals surface area contributed by atoms with E-state index in [0.717, 1.165) is 11.3 Å². The number of carbonyl (C=O) groups is 1. The number of hydrogen-bond donors (Lipinski definition) is 1. The van der Waals surface area contributed by atoms with Gasteiger partial charge >= 0.3 is 0 Å². The van der Waals surface area contributed by atoms with Gasteiger partial charge in [-0.3, -0.25) is 4.79 Å². The SMILES string of the molecule is CS(=O)(=O)c1ccc(C2=NNC(=O)CC2)cc1. The molecule has 0 fully saturated rings. The second-order valence-electron chi connectivity index (χ2n) is 3.89. The Morgan fingerprint density at radius 3 is 2.29 bits per heavy atom. The number of sulfone groups is 1. The first-order valence-corrected chi connectivity index (χ1v) is 7.02. The van der Waals surface area contributed by atoms with Gasteiger partial charge < -0.3 is 0 Å². The van der Waals surface area contributed by atoms with E-state index in [1.807, 2.05) is 0 Å². The summed E-state index contributed by atoms with van der Waals surface area (Å²) in [4.78, 5) is 11.2. The molecule has 6 heteroatoms. The number of nitrogens with one attached hydrogen (secondary N) is 1. The second kappa shape index (κ2) is 4.29. The Morgan fingerprint density at radius 2 is 1.82 bits per heavy atom. The average Bonchev–Trinajstić information content (AvgIpc) is 2.29. The van der Waals surface area contributed by atoms with Gasteiger partial charge in [0.05, 0.1) is 10.6 Å². The first kappa shape index (κ1) is 11.8. The summed E-state index contributed by atoms with van der Waals surface area (Å²) in [5.41, 5.74) is 4.01. The molecule has 2 rings (SSSR count). The molecular formula is C11H12N2O3S. The molecular weight excluding hydrogens is 240 g/mol. The molecule has 1 amide bonds. The number of rotatable bonds is 2. The molecule has 0 bridgehead atoms. The van der Waals surface area contributed by atoms with Gasteiger partial charge in [-0.25, -0.2) is 13.8 Å². The predicted octanol–water partition coefficient (Wildman–Crippen LogP) is 0.704. The smallest absolute Gasteiger partial charge is 0.240 e. The monoisotopic (exact) mass is 252 g/mol. The molecule has 0 unspecified atom stereocenters. The van der Waals surface area contributed by atoms with Gasteiger partial charge in [0.25, 0.3) is 0 Å². The summed E-state index contributed by atoms with van der Waals surface area (Å²) >= 11 is 0. The van der Waals surface area contributed by atoms with Crippen LogP contribution in [0.2, 0.25) is 0 Å². The molecule has 5 nitrogen and oxygen atoms in total. The fourth-order valence-electron chi connectivity index (χ4n) is 1.58. The average molecular weight is 252 g/mol. The van der Waals surface area contributed by atoms with E-state index in [0.29, 0.717) is 12.8 Å². The minimum atomic E-state index is -3.17. The number of carbonyl (C=O) groups excluding carboxylic acids is 1. The summed E-state index contributed by atoms with van der Waals surface area (Å²) in [7, 11) is -3.17. The van der Waals surface area contributed by atoms with Crippen molar-refractivity contribution in [2.24, 2.45) is 5.10 Å². The van der Waals surface area contributed by atoms with E-state index in [4.69, 9.17) is 0 Å². The molecule has 1 aliphatic heterocycles. The molecule has 0 atom stereocenters. The van der Waals surface area contributed by atoms with E-state index in [1.165, 1.54) is 6.26 Å². The quantitative estimate of drug-likeness (QED) is 0.842. The summed E-state index contributed by atoms with van der Waals surface area (Å²) < 4.78 is 22.6.